The fraction of sp³-hybridized carbons (Fsp3) is 0.500. The van der Waals surface area contributed by atoms with Gasteiger partial charge >= 0.3 is 11.9 Å². The number of hydrogen-bond acceptors (Lipinski definition) is 3. The average molecular weight is 205 g/mol. The highest BCUT2D eigenvalue weighted by molar-refractivity contribution is 5.67. The second-order valence-corrected chi connectivity index (χ2v) is 2.94. The molecule has 4 nitrogen and oxygen atoms in total. The third-order valence-electron chi connectivity index (χ3n) is 1.71. The fourth-order valence-corrected chi connectivity index (χ4v) is 0.895. The smallest absolute Gasteiger partial charge is 0.332 e. The number of oxazole rings is 1. The summed E-state index contributed by atoms with van der Waals surface area (Å²) in [7, 11) is 0. The van der Waals surface area contributed by atoms with Gasteiger partial charge in [-0.05, 0) is 13.8 Å². The number of rotatable bonds is 3. The van der Waals surface area contributed by atoms with Gasteiger partial charge in [0.2, 0.25) is 0 Å². The molecule has 1 aromatic heterocycles. The molecule has 0 aromatic carbocycles. The zero-order chi connectivity index (χ0) is 10.9. The molecule has 0 aliphatic carbocycles. The molecule has 1 aromatic rings. The van der Waals surface area contributed by atoms with Crippen LogP contribution in [0.25, 0.3) is 0 Å². The molecule has 14 heavy (non-hydrogen) atoms. The van der Waals surface area contributed by atoms with Crippen molar-refractivity contribution in [3.63, 3.8) is 0 Å². The third kappa shape index (κ3) is 2.07. The van der Waals surface area contributed by atoms with Gasteiger partial charge in [0, 0.05) is 0 Å². The molecule has 6 heteroatoms. The van der Waals surface area contributed by atoms with Crippen molar-refractivity contribution in [3.05, 3.63) is 17.3 Å². The van der Waals surface area contributed by atoms with Crippen molar-refractivity contribution in [2.24, 2.45) is 0 Å². The molecule has 1 heterocycles. The number of alkyl halides is 2. The molecule has 0 spiro atoms. The molecule has 1 rings (SSSR count). The molecule has 0 amide bonds. The number of halogens is 2. The number of hydrogen-bond donors (Lipinski definition) is 1. The van der Waals surface area contributed by atoms with E-state index in [0.717, 1.165) is 0 Å². The maximum absolute atomic E-state index is 13.1. The van der Waals surface area contributed by atoms with Gasteiger partial charge in [-0.2, -0.15) is 8.78 Å². The molecule has 0 saturated heterocycles. The molecule has 1 N–H and O–H groups in total. The molecule has 0 saturated carbocycles. The monoisotopic (exact) mass is 205 g/mol. The Kier molecular flexibility index (Phi) is 2.55. The van der Waals surface area contributed by atoms with E-state index in [2.05, 4.69) is 9.40 Å². The number of nitrogens with zero attached hydrogens (tertiary/aromatic N) is 1. The van der Waals surface area contributed by atoms with Crippen LogP contribution in [0.1, 0.15) is 23.8 Å². The lowest BCUT2D eigenvalue weighted by atomic mass is 10.2. The van der Waals surface area contributed by atoms with Crippen molar-refractivity contribution in [2.45, 2.75) is 26.2 Å². The van der Waals surface area contributed by atoms with Gasteiger partial charge in [-0.1, -0.05) is 0 Å². The number of carboxylic acids is 1. The average Bonchev–Trinajstić information content (AvgIpc) is 2.30. The Bertz CT molecular complexity index is 340. The zero-order valence-corrected chi connectivity index (χ0v) is 7.67. The fourth-order valence-electron chi connectivity index (χ4n) is 0.895. The lowest BCUT2D eigenvalue weighted by Crippen LogP contribution is -2.18. The summed E-state index contributed by atoms with van der Waals surface area (Å²) >= 11 is 0. The van der Waals surface area contributed by atoms with Crippen LogP contribution < -0.4 is 0 Å². The van der Waals surface area contributed by atoms with Gasteiger partial charge in [0.25, 0.3) is 5.89 Å². The lowest BCUT2D eigenvalue weighted by molar-refractivity contribution is -0.147. The summed E-state index contributed by atoms with van der Waals surface area (Å²) in [6.07, 6.45) is -1.31. The molecular weight excluding hydrogens is 196 g/mol. The van der Waals surface area contributed by atoms with Crippen molar-refractivity contribution >= 4 is 5.97 Å². The van der Waals surface area contributed by atoms with Crippen LogP contribution in [0.4, 0.5) is 8.78 Å². The van der Waals surface area contributed by atoms with E-state index in [1.807, 2.05) is 0 Å². The van der Waals surface area contributed by atoms with Gasteiger partial charge in [0.05, 0.1) is 5.69 Å². The summed E-state index contributed by atoms with van der Waals surface area (Å²) in [6.45, 7) is 3.00. The van der Waals surface area contributed by atoms with E-state index in [9.17, 15) is 13.6 Å². The van der Waals surface area contributed by atoms with E-state index < -0.39 is 24.2 Å². The van der Waals surface area contributed by atoms with E-state index in [-0.39, 0.29) is 5.76 Å². The van der Waals surface area contributed by atoms with E-state index in [0.29, 0.717) is 5.69 Å². The maximum atomic E-state index is 13.1. The molecule has 0 radical (unpaired) electrons. The summed E-state index contributed by atoms with van der Waals surface area (Å²) in [5.74, 6) is -5.71. The predicted octanol–water partition coefficient (Wildman–Crippen LogP) is 1.86. The first-order valence-corrected chi connectivity index (χ1v) is 3.87. The number of carboxylic acid groups (broad SMARTS) is 1. The van der Waals surface area contributed by atoms with Crippen molar-refractivity contribution in [3.8, 4) is 0 Å². The Balaban J connectivity index is 2.97. The highest BCUT2D eigenvalue weighted by atomic mass is 19.3. The topological polar surface area (TPSA) is 63.3 Å². The highest BCUT2D eigenvalue weighted by Crippen LogP contribution is 2.31. The molecule has 0 bridgehead atoms. The standard InChI is InChI=1S/C8H9F2NO3/c1-4-5(2)14-7(11-4)8(9,10)3-6(12)13/h3H2,1-2H3,(H,12,13). The van der Waals surface area contributed by atoms with Crippen LogP contribution in [-0.2, 0) is 10.7 Å². The van der Waals surface area contributed by atoms with Crippen LogP contribution in [0, 0.1) is 13.8 Å². The summed E-state index contributed by atoms with van der Waals surface area (Å²) in [6, 6.07) is 0. The number of carbonyl (C=O) groups is 1. The van der Waals surface area contributed by atoms with Gasteiger partial charge < -0.3 is 9.52 Å². The first-order valence-electron chi connectivity index (χ1n) is 3.87. The van der Waals surface area contributed by atoms with Crippen LogP contribution >= 0.6 is 0 Å². The van der Waals surface area contributed by atoms with Gasteiger partial charge in [-0.25, -0.2) is 4.98 Å². The quantitative estimate of drug-likeness (QED) is 0.817. The number of aliphatic carboxylic acids is 1. The van der Waals surface area contributed by atoms with Crippen LogP contribution in [0.5, 0.6) is 0 Å². The molecule has 0 aliphatic rings. The first-order chi connectivity index (χ1) is 6.33. The SMILES string of the molecule is Cc1nc(C(F)(F)CC(=O)O)oc1C. The zero-order valence-electron chi connectivity index (χ0n) is 7.67. The van der Waals surface area contributed by atoms with Gasteiger partial charge in [-0.15, -0.1) is 0 Å². The number of aromatic nitrogens is 1. The van der Waals surface area contributed by atoms with Crippen molar-refractivity contribution in [2.75, 3.05) is 0 Å². The molecular formula is C8H9F2NO3. The molecule has 0 fully saturated rings. The Morgan fingerprint density at radius 1 is 1.57 bits per heavy atom. The van der Waals surface area contributed by atoms with Crippen molar-refractivity contribution in [1.82, 2.24) is 4.98 Å². The van der Waals surface area contributed by atoms with Crippen LogP contribution in [0.3, 0.4) is 0 Å². The molecule has 78 valence electrons. The lowest BCUT2D eigenvalue weighted by Gasteiger charge is -2.08. The molecule has 0 unspecified atom stereocenters. The highest BCUT2D eigenvalue weighted by Gasteiger charge is 2.40. The number of aryl methyl sites for hydroxylation is 2. The normalized spacial score (nSPS) is 11.7. The van der Waals surface area contributed by atoms with Gasteiger partial charge in [0.1, 0.15) is 12.2 Å². The Morgan fingerprint density at radius 3 is 2.50 bits per heavy atom. The van der Waals surface area contributed by atoms with E-state index in [1.165, 1.54) is 13.8 Å². The summed E-state index contributed by atoms with van der Waals surface area (Å²) in [4.78, 5) is 13.6. The minimum absolute atomic E-state index is 0.269. The second-order valence-electron chi connectivity index (χ2n) is 2.94. The van der Waals surface area contributed by atoms with Crippen molar-refractivity contribution < 1.29 is 23.1 Å². The van der Waals surface area contributed by atoms with E-state index in [1.54, 1.807) is 0 Å². The largest absolute Gasteiger partial charge is 0.481 e. The maximum Gasteiger partial charge on any atom is 0.332 e. The van der Waals surface area contributed by atoms with E-state index >= 15 is 0 Å². The van der Waals surface area contributed by atoms with Crippen LogP contribution in [0.2, 0.25) is 0 Å². The predicted molar refractivity (Wildman–Crippen MR) is 42.1 cm³/mol. The van der Waals surface area contributed by atoms with Gasteiger partial charge in [0.15, 0.2) is 0 Å². The van der Waals surface area contributed by atoms with Crippen molar-refractivity contribution in [1.29, 1.82) is 0 Å². The summed E-state index contributed by atoms with van der Waals surface area (Å²) in [5.41, 5.74) is 0.338. The minimum Gasteiger partial charge on any atom is -0.481 e. The minimum atomic E-state index is -3.55. The van der Waals surface area contributed by atoms with Gasteiger partial charge in [-0.3, -0.25) is 4.79 Å². The van der Waals surface area contributed by atoms with E-state index in [4.69, 9.17) is 5.11 Å². The Morgan fingerprint density at radius 2 is 2.14 bits per heavy atom. The molecule has 0 atom stereocenters. The summed E-state index contributed by atoms with van der Waals surface area (Å²) in [5, 5.41) is 8.24. The van der Waals surface area contributed by atoms with Crippen LogP contribution in [-0.4, -0.2) is 16.1 Å². The van der Waals surface area contributed by atoms with Crippen LogP contribution in [0.15, 0.2) is 4.42 Å². The molecule has 0 aliphatic heterocycles. The first kappa shape index (κ1) is 10.6. The summed E-state index contributed by atoms with van der Waals surface area (Å²) < 4.78 is 30.8. The Labute approximate surface area is 78.6 Å². The second kappa shape index (κ2) is 3.36. The Hall–Kier alpha value is -1.46. The third-order valence-corrected chi connectivity index (χ3v) is 1.71.